The SMILES string of the molecule is O=S(=O)(c1cccc(Br)c1)N1CCN(Cc2ccccc2)CC1. The van der Waals surface area contributed by atoms with Crippen molar-refractivity contribution in [1.82, 2.24) is 9.21 Å². The third kappa shape index (κ3) is 4.01. The maximum atomic E-state index is 12.7. The predicted molar refractivity (Wildman–Crippen MR) is 94.6 cm³/mol. The van der Waals surface area contributed by atoms with E-state index in [1.807, 2.05) is 24.3 Å². The van der Waals surface area contributed by atoms with E-state index < -0.39 is 10.0 Å². The Morgan fingerprint density at radius 1 is 0.913 bits per heavy atom. The molecule has 4 nitrogen and oxygen atoms in total. The molecule has 0 amide bonds. The number of piperazine rings is 1. The summed E-state index contributed by atoms with van der Waals surface area (Å²) in [4.78, 5) is 2.64. The monoisotopic (exact) mass is 394 g/mol. The second-order valence-corrected chi connectivity index (χ2v) is 8.48. The van der Waals surface area contributed by atoms with Gasteiger partial charge in [0.2, 0.25) is 10.0 Å². The minimum absolute atomic E-state index is 0.350. The van der Waals surface area contributed by atoms with Crippen LogP contribution in [-0.2, 0) is 16.6 Å². The van der Waals surface area contributed by atoms with Crippen LogP contribution >= 0.6 is 15.9 Å². The third-order valence-corrected chi connectivity index (χ3v) is 6.40. The molecule has 3 rings (SSSR count). The summed E-state index contributed by atoms with van der Waals surface area (Å²) in [5.74, 6) is 0. The summed E-state index contributed by atoms with van der Waals surface area (Å²) in [7, 11) is -3.40. The van der Waals surface area contributed by atoms with Crippen LogP contribution in [0.1, 0.15) is 5.56 Å². The Balaban J connectivity index is 1.64. The summed E-state index contributed by atoms with van der Waals surface area (Å²) in [5, 5.41) is 0. The fourth-order valence-corrected chi connectivity index (χ4v) is 4.77. The van der Waals surface area contributed by atoms with Crippen molar-refractivity contribution in [3.8, 4) is 0 Å². The molecule has 0 atom stereocenters. The quantitative estimate of drug-likeness (QED) is 0.800. The van der Waals surface area contributed by atoms with Crippen molar-refractivity contribution in [2.45, 2.75) is 11.4 Å². The standard InChI is InChI=1S/C17H19BrN2O2S/c18-16-7-4-8-17(13-16)23(21,22)20-11-9-19(10-12-20)14-15-5-2-1-3-6-15/h1-8,13H,9-12,14H2. The van der Waals surface area contributed by atoms with Crippen LogP contribution in [0, 0.1) is 0 Å². The van der Waals surface area contributed by atoms with Gasteiger partial charge >= 0.3 is 0 Å². The van der Waals surface area contributed by atoms with Gasteiger partial charge in [0, 0.05) is 37.2 Å². The van der Waals surface area contributed by atoms with E-state index in [1.165, 1.54) is 5.56 Å². The van der Waals surface area contributed by atoms with E-state index in [9.17, 15) is 8.42 Å². The molecule has 0 unspecified atom stereocenters. The van der Waals surface area contributed by atoms with Crippen LogP contribution in [0.3, 0.4) is 0 Å². The minimum atomic E-state index is -3.40. The number of rotatable bonds is 4. The van der Waals surface area contributed by atoms with Crippen molar-refractivity contribution in [2.24, 2.45) is 0 Å². The van der Waals surface area contributed by atoms with Crippen molar-refractivity contribution in [3.05, 3.63) is 64.6 Å². The molecule has 0 N–H and O–H groups in total. The summed E-state index contributed by atoms with van der Waals surface area (Å²) in [5.41, 5.74) is 1.26. The molecule has 0 aliphatic carbocycles. The fraction of sp³-hybridized carbons (Fsp3) is 0.294. The van der Waals surface area contributed by atoms with E-state index in [0.717, 1.165) is 24.1 Å². The molecule has 0 bridgehead atoms. The summed E-state index contributed by atoms with van der Waals surface area (Å²) in [6.07, 6.45) is 0. The molecule has 0 aromatic heterocycles. The molecule has 1 saturated heterocycles. The Labute approximate surface area is 145 Å². The molecule has 23 heavy (non-hydrogen) atoms. The van der Waals surface area contributed by atoms with Crippen molar-refractivity contribution < 1.29 is 8.42 Å². The second-order valence-electron chi connectivity index (χ2n) is 5.62. The van der Waals surface area contributed by atoms with Gasteiger partial charge in [-0.2, -0.15) is 4.31 Å². The smallest absolute Gasteiger partial charge is 0.243 e. The summed E-state index contributed by atoms with van der Waals surface area (Å²) in [6.45, 7) is 3.43. The van der Waals surface area contributed by atoms with Crippen LogP contribution in [-0.4, -0.2) is 43.8 Å². The van der Waals surface area contributed by atoms with Crippen molar-refractivity contribution in [2.75, 3.05) is 26.2 Å². The first-order chi connectivity index (χ1) is 11.1. The molecule has 122 valence electrons. The number of sulfonamides is 1. The number of halogens is 1. The van der Waals surface area contributed by atoms with Gasteiger partial charge in [-0.1, -0.05) is 52.3 Å². The summed E-state index contributed by atoms with van der Waals surface area (Å²) >= 11 is 3.33. The first-order valence-corrected chi connectivity index (χ1v) is 9.81. The average molecular weight is 395 g/mol. The fourth-order valence-electron chi connectivity index (χ4n) is 2.75. The van der Waals surface area contributed by atoms with Crippen LogP contribution in [0.15, 0.2) is 64.0 Å². The molecule has 1 aliphatic rings. The third-order valence-electron chi connectivity index (χ3n) is 4.01. The zero-order chi connectivity index (χ0) is 16.3. The van der Waals surface area contributed by atoms with Gasteiger partial charge < -0.3 is 0 Å². The van der Waals surface area contributed by atoms with E-state index in [4.69, 9.17) is 0 Å². The summed E-state index contributed by atoms with van der Waals surface area (Å²) in [6, 6.07) is 17.2. The van der Waals surface area contributed by atoms with Crippen LogP contribution in [0.2, 0.25) is 0 Å². The lowest BCUT2D eigenvalue weighted by Crippen LogP contribution is -2.48. The van der Waals surface area contributed by atoms with Gasteiger partial charge in [-0.3, -0.25) is 4.90 Å². The molecule has 1 aliphatic heterocycles. The van der Waals surface area contributed by atoms with Gasteiger partial charge in [0.15, 0.2) is 0 Å². The molecule has 1 fully saturated rings. The minimum Gasteiger partial charge on any atom is -0.296 e. The number of hydrogen-bond donors (Lipinski definition) is 0. The van der Waals surface area contributed by atoms with Gasteiger partial charge in [-0.15, -0.1) is 0 Å². The Kier molecular flexibility index (Phi) is 5.16. The molecule has 2 aromatic carbocycles. The Hall–Kier alpha value is -1.21. The number of nitrogens with zero attached hydrogens (tertiary/aromatic N) is 2. The van der Waals surface area contributed by atoms with Gasteiger partial charge in [0.1, 0.15) is 0 Å². The van der Waals surface area contributed by atoms with Gasteiger partial charge in [-0.25, -0.2) is 8.42 Å². The van der Waals surface area contributed by atoms with E-state index in [1.54, 1.807) is 22.5 Å². The highest BCUT2D eigenvalue weighted by Gasteiger charge is 2.28. The molecular formula is C17H19BrN2O2S. The lowest BCUT2D eigenvalue weighted by molar-refractivity contribution is 0.181. The zero-order valence-electron chi connectivity index (χ0n) is 12.7. The first kappa shape index (κ1) is 16.6. The van der Waals surface area contributed by atoms with Gasteiger partial charge in [0.25, 0.3) is 0 Å². The highest BCUT2D eigenvalue weighted by atomic mass is 79.9. The Morgan fingerprint density at radius 2 is 1.61 bits per heavy atom. The molecule has 1 heterocycles. The maximum Gasteiger partial charge on any atom is 0.243 e. The summed E-state index contributed by atoms with van der Waals surface area (Å²) < 4.78 is 27.7. The van der Waals surface area contributed by atoms with E-state index in [2.05, 4.69) is 33.0 Å². The molecule has 0 radical (unpaired) electrons. The van der Waals surface area contributed by atoms with Crippen molar-refractivity contribution in [1.29, 1.82) is 0 Å². The number of hydrogen-bond acceptors (Lipinski definition) is 3. The zero-order valence-corrected chi connectivity index (χ0v) is 15.1. The Bertz CT molecular complexity index is 757. The van der Waals surface area contributed by atoms with Crippen LogP contribution in [0.4, 0.5) is 0 Å². The van der Waals surface area contributed by atoms with Crippen molar-refractivity contribution >= 4 is 26.0 Å². The van der Waals surface area contributed by atoms with Gasteiger partial charge in [-0.05, 0) is 23.8 Å². The van der Waals surface area contributed by atoms with E-state index in [-0.39, 0.29) is 0 Å². The number of benzene rings is 2. The molecule has 0 saturated carbocycles. The molecule has 6 heteroatoms. The Morgan fingerprint density at radius 3 is 2.26 bits per heavy atom. The van der Waals surface area contributed by atoms with E-state index in [0.29, 0.717) is 18.0 Å². The maximum absolute atomic E-state index is 12.7. The van der Waals surface area contributed by atoms with Crippen molar-refractivity contribution in [3.63, 3.8) is 0 Å². The lowest BCUT2D eigenvalue weighted by Gasteiger charge is -2.34. The molecule has 0 spiro atoms. The first-order valence-electron chi connectivity index (χ1n) is 7.58. The lowest BCUT2D eigenvalue weighted by atomic mass is 10.2. The topological polar surface area (TPSA) is 40.6 Å². The van der Waals surface area contributed by atoms with Crippen LogP contribution in [0.25, 0.3) is 0 Å². The van der Waals surface area contributed by atoms with Gasteiger partial charge in [0.05, 0.1) is 4.90 Å². The average Bonchev–Trinajstić information content (AvgIpc) is 2.56. The second kappa shape index (κ2) is 7.13. The normalized spacial score (nSPS) is 17.3. The van der Waals surface area contributed by atoms with Crippen LogP contribution in [0.5, 0.6) is 0 Å². The molecular weight excluding hydrogens is 376 g/mol. The largest absolute Gasteiger partial charge is 0.296 e. The predicted octanol–water partition coefficient (Wildman–Crippen LogP) is 2.96. The van der Waals surface area contributed by atoms with Crippen LogP contribution < -0.4 is 0 Å². The highest BCUT2D eigenvalue weighted by molar-refractivity contribution is 9.10. The highest BCUT2D eigenvalue weighted by Crippen LogP contribution is 2.21. The van der Waals surface area contributed by atoms with E-state index >= 15 is 0 Å². The molecule has 2 aromatic rings.